The molecule has 1 nitrogen and oxygen atoms in total. The van der Waals surface area contributed by atoms with Crippen molar-refractivity contribution in [2.75, 3.05) is 6.61 Å². The molecule has 0 aliphatic carbocycles. The lowest BCUT2D eigenvalue weighted by Gasteiger charge is -2.07. The highest BCUT2D eigenvalue weighted by molar-refractivity contribution is 9.10. The molecule has 0 bridgehead atoms. The summed E-state index contributed by atoms with van der Waals surface area (Å²) in [5, 5.41) is 0.651. The minimum Gasteiger partial charge on any atom is -0.491 e. The first-order chi connectivity index (χ1) is 5.75. The molecule has 0 saturated carbocycles. The molecule has 0 atom stereocenters. The molecule has 1 rings (SSSR count). The molecule has 0 saturated heterocycles. The lowest BCUT2D eigenvalue weighted by molar-refractivity contribution is 0.315. The molecule has 0 amide bonds. The van der Waals surface area contributed by atoms with Crippen LogP contribution in [0.1, 0.15) is 13.3 Å². The van der Waals surface area contributed by atoms with Crippen LogP contribution in [0.15, 0.2) is 22.7 Å². The van der Waals surface area contributed by atoms with Crippen molar-refractivity contribution >= 4 is 27.5 Å². The quantitative estimate of drug-likeness (QED) is 0.790. The number of hydrogen-bond donors (Lipinski definition) is 0. The second-order valence-corrected chi connectivity index (χ2v) is 3.66. The summed E-state index contributed by atoms with van der Waals surface area (Å²) in [6.07, 6.45) is 0.984. The van der Waals surface area contributed by atoms with Gasteiger partial charge in [0.05, 0.1) is 16.1 Å². The van der Waals surface area contributed by atoms with E-state index in [1.54, 1.807) is 0 Å². The smallest absolute Gasteiger partial charge is 0.152 e. The molecule has 0 N–H and O–H groups in total. The Hall–Kier alpha value is -0.210. The summed E-state index contributed by atoms with van der Waals surface area (Å²) >= 11 is 9.28. The Kier molecular flexibility index (Phi) is 3.89. The standard InChI is InChI=1S/C9H10BrClO/c1-2-6-12-9-7(10)4-3-5-8(9)11/h3-5H,2,6H2,1H3. The highest BCUT2D eigenvalue weighted by Crippen LogP contribution is 2.32. The second-order valence-electron chi connectivity index (χ2n) is 2.40. The molecule has 1 aromatic carbocycles. The molecule has 1 aromatic rings. The van der Waals surface area contributed by atoms with Gasteiger partial charge in [-0.2, -0.15) is 0 Å². The first-order valence-electron chi connectivity index (χ1n) is 3.82. The Bertz CT molecular complexity index is 242. The minimum absolute atomic E-state index is 0.651. The predicted octanol–water partition coefficient (Wildman–Crippen LogP) is 3.89. The number of halogens is 2. The van der Waals surface area contributed by atoms with Crippen molar-refractivity contribution < 1.29 is 4.74 Å². The highest BCUT2D eigenvalue weighted by Gasteiger charge is 2.04. The summed E-state index contributed by atoms with van der Waals surface area (Å²) in [5.41, 5.74) is 0. The monoisotopic (exact) mass is 248 g/mol. The van der Waals surface area contributed by atoms with Crippen molar-refractivity contribution in [3.8, 4) is 5.75 Å². The highest BCUT2D eigenvalue weighted by atomic mass is 79.9. The van der Waals surface area contributed by atoms with E-state index >= 15 is 0 Å². The molecule has 12 heavy (non-hydrogen) atoms. The average molecular weight is 250 g/mol. The molecule has 0 aliphatic heterocycles. The van der Waals surface area contributed by atoms with Gasteiger partial charge >= 0.3 is 0 Å². The number of benzene rings is 1. The van der Waals surface area contributed by atoms with Gasteiger partial charge in [0.1, 0.15) is 0 Å². The fourth-order valence-corrected chi connectivity index (χ4v) is 1.65. The lowest BCUT2D eigenvalue weighted by Crippen LogP contribution is -1.96. The molecule has 0 aromatic heterocycles. The van der Waals surface area contributed by atoms with Crippen LogP contribution in [-0.4, -0.2) is 6.61 Å². The van der Waals surface area contributed by atoms with Gasteiger partial charge in [-0.25, -0.2) is 0 Å². The van der Waals surface area contributed by atoms with Crippen LogP contribution in [0.4, 0.5) is 0 Å². The van der Waals surface area contributed by atoms with Gasteiger partial charge in [0.2, 0.25) is 0 Å². The van der Waals surface area contributed by atoms with Crippen molar-refractivity contribution in [3.63, 3.8) is 0 Å². The van der Waals surface area contributed by atoms with Crippen LogP contribution in [-0.2, 0) is 0 Å². The largest absolute Gasteiger partial charge is 0.491 e. The van der Waals surface area contributed by atoms with E-state index in [9.17, 15) is 0 Å². The third-order valence-electron chi connectivity index (χ3n) is 1.37. The van der Waals surface area contributed by atoms with Crippen LogP contribution in [0, 0.1) is 0 Å². The normalized spacial score (nSPS) is 9.92. The minimum atomic E-state index is 0.651. The number of hydrogen-bond acceptors (Lipinski definition) is 1. The van der Waals surface area contributed by atoms with Crippen LogP contribution in [0.3, 0.4) is 0 Å². The summed E-state index contributed by atoms with van der Waals surface area (Å²) in [5.74, 6) is 0.737. The van der Waals surface area contributed by atoms with Crippen LogP contribution in [0.5, 0.6) is 5.75 Å². The van der Waals surface area contributed by atoms with Crippen LogP contribution in [0.25, 0.3) is 0 Å². The van der Waals surface area contributed by atoms with Gasteiger partial charge < -0.3 is 4.74 Å². The Labute approximate surface area is 85.8 Å². The number of ether oxygens (including phenoxy) is 1. The Morgan fingerprint density at radius 3 is 2.83 bits per heavy atom. The van der Waals surface area contributed by atoms with E-state index in [0.29, 0.717) is 11.6 Å². The van der Waals surface area contributed by atoms with Gasteiger partial charge in [0.25, 0.3) is 0 Å². The molecular weight excluding hydrogens is 239 g/mol. The molecule has 0 heterocycles. The van der Waals surface area contributed by atoms with E-state index in [4.69, 9.17) is 16.3 Å². The summed E-state index contributed by atoms with van der Waals surface area (Å²) < 4.78 is 6.34. The molecule has 0 spiro atoms. The van der Waals surface area contributed by atoms with Gasteiger partial charge in [0, 0.05) is 0 Å². The van der Waals surface area contributed by atoms with Crippen molar-refractivity contribution in [1.29, 1.82) is 0 Å². The molecule has 66 valence electrons. The summed E-state index contributed by atoms with van der Waals surface area (Å²) in [4.78, 5) is 0. The van der Waals surface area contributed by atoms with Crippen molar-refractivity contribution in [1.82, 2.24) is 0 Å². The molecule has 3 heteroatoms. The molecule has 0 radical (unpaired) electrons. The van der Waals surface area contributed by atoms with E-state index in [1.165, 1.54) is 0 Å². The van der Waals surface area contributed by atoms with E-state index in [0.717, 1.165) is 16.6 Å². The van der Waals surface area contributed by atoms with E-state index < -0.39 is 0 Å². The maximum Gasteiger partial charge on any atom is 0.152 e. The zero-order valence-electron chi connectivity index (χ0n) is 6.81. The lowest BCUT2D eigenvalue weighted by atomic mass is 10.3. The molecule has 0 fully saturated rings. The molecule has 0 unspecified atom stereocenters. The average Bonchev–Trinajstić information content (AvgIpc) is 2.04. The fourth-order valence-electron chi connectivity index (χ4n) is 0.825. The Morgan fingerprint density at radius 1 is 1.50 bits per heavy atom. The van der Waals surface area contributed by atoms with E-state index in [1.807, 2.05) is 18.2 Å². The SMILES string of the molecule is CCCOc1c(Cl)cccc1Br. The van der Waals surface area contributed by atoms with Crippen LogP contribution in [0.2, 0.25) is 5.02 Å². The van der Waals surface area contributed by atoms with Gasteiger partial charge in [-0.05, 0) is 34.5 Å². The van der Waals surface area contributed by atoms with Gasteiger partial charge in [-0.15, -0.1) is 0 Å². The van der Waals surface area contributed by atoms with E-state index in [2.05, 4.69) is 22.9 Å². The third-order valence-corrected chi connectivity index (χ3v) is 2.29. The topological polar surface area (TPSA) is 9.23 Å². The zero-order valence-corrected chi connectivity index (χ0v) is 9.15. The summed E-state index contributed by atoms with van der Waals surface area (Å²) in [6, 6.07) is 5.61. The maximum atomic E-state index is 5.91. The van der Waals surface area contributed by atoms with Gasteiger partial charge in [0.15, 0.2) is 5.75 Å². The molecular formula is C9H10BrClO. The first-order valence-corrected chi connectivity index (χ1v) is 4.99. The van der Waals surface area contributed by atoms with Crippen molar-refractivity contribution in [2.24, 2.45) is 0 Å². The second kappa shape index (κ2) is 4.73. The first kappa shape index (κ1) is 9.87. The number of rotatable bonds is 3. The zero-order chi connectivity index (χ0) is 8.97. The molecule has 0 aliphatic rings. The van der Waals surface area contributed by atoms with Gasteiger partial charge in [-0.3, -0.25) is 0 Å². The summed E-state index contributed by atoms with van der Waals surface area (Å²) in [7, 11) is 0. The number of para-hydroxylation sites is 1. The maximum absolute atomic E-state index is 5.91. The van der Waals surface area contributed by atoms with Crippen LogP contribution < -0.4 is 4.74 Å². The van der Waals surface area contributed by atoms with Crippen molar-refractivity contribution in [3.05, 3.63) is 27.7 Å². The Morgan fingerprint density at radius 2 is 2.25 bits per heavy atom. The van der Waals surface area contributed by atoms with Gasteiger partial charge in [-0.1, -0.05) is 24.6 Å². The van der Waals surface area contributed by atoms with E-state index in [-0.39, 0.29) is 0 Å². The summed E-state index contributed by atoms with van der Waals surface area (Å²) in [6.45, 7) is 2.76. The Balaban J connectivity index is 2.81. The third kappa shape index (κ3) is 2.39. The predicted molar refractivity (Wildman–Crippen MR) is 54.9 cm³/mol. The fraction of sp³-hybridized carbons (Fsp3) is 0.333. The van der Waals surface area contributed by atoms with Crippen LogP contribution >= 0.6 is 27.5 Å². The van der Waals surface area contributed by atoms with Crippen molar-refractivity contribution in [2.45, 2.75) is 13.3 Å².